The van der Waals surface area contributed by atoms with E-state index in [1.54, 1.807) is 29.5 Å². The number of thiophene rings is 1. The molecule has 0 atom stereocenters. The van der Waals surface area contributed by atoms with Gasteiger partial charge in [-0.25, -0.2) is 9.98 Å². The number of amidine groups is 1. The largest absolute Gasteiger partial charge is 0.289 e. The minimum absolute atomic E-state index is 0.0296. The Morgan fingerprint density at radius 1 is 1.30 bits per heavy atom. The molecule has 2 aromatic heterocycles. The standard InChI is InChI=1S/C14H11N3OS2/c1-17-13(18)11(9-10-5-4-8-19-10)20-14(17)16-12-6-2-3-7-15-12/h2-9H,1H3/b11-9+,16-14+. The highest BCUT2D eigenvalue weighted by Crippen LogP contribution is 2.33. The second-order valence-electron chi connectivity index (χ2n) is 4.07. The molecule has 0 aliphatic carbocycles. The first kappa shape index (κ1) is 13.1. The summed E-state index contributed by atoms with van der Waals surface area (Å²) in [5, 5.41) is 2.64. The van der Waals surface area contributed by atoms with Crippen LogP contribution >= 0.6 is 23.1 Å². The van der Waals surface area contributed by atoms with Gasteiger partial charge >= 0.3 is 0 Å². The molecule has 3 heterocycles. The fraction of sp³-hybridized carbons (Fsp3) is 0.0714. The number of aromatic nitrogens is 1. The number of carbonyl (C=O) groups is 1. The number of hydrogen-bond acceptors (Lipinski definition) is 5. The van der Waals surface area contributed by atoms with Crippen LogP contribution in [0.4, 0.5) is 5.82 Å². The molecule has 0 saturated carbocycles. The van der Waals surface area contributed by atoms with Crippen LogP contribution in [0, 0.1) is 0 Å². The first-order valence-electron chi connectivity index (χ1n) is 5.95. The van der Waals surface area contributed by atoms with E-state index in [4.69, 9.17) is 0 Å². The van der Waals surface area contributed by atoms with Crippen LogP contribution in [0.25, 0.3) is 6.08 Å². The lowest BCUT2D eigenvalue weighted by atomic mass is 10.4. The minimum Gasteiger partial charge on any atom is -0.289 e. The molecular weight excluding hydrogens is 290 g/mol. The smallest absolute Gasteiger partial charge is 0.266 e. The maximum atomic E-state index is 12.2. The Bertz CT molecular complexity index is 678. The van der Waals surface area contributed by atoms with Gasteiger partial charge in [0.25, 0.3) is 5.91 Å². The van der Waals surface area contributed by atoms with E-state index in [1.165, 1.54) is 11.8 Å². The van der Waals surface area contributed by atoms with E-state index >= 15 is 0 Å². The van der Waals surface area contributed by atoms with Gasteiger partial charge in [-0.3, -0.25) is 9.69 Å². The van der Waals surface area contributed by atoms with Crippen LogP contribution in [0.5, 0.6) is 0 Å². The third kappa shape index (κ3) is 2.66. The van der Waals surface area contributed by atoms with Gasteiger partial charge in [0.1, 0.15) is 0 Å². The number of aliphatic imine (C=N–C) groups is 1. The van der Waals surface area contributed by atoms with Crippen molar-refractivity contribution in [3.05, 3.63) is 51.7 Å². The third-order valence-electron chi connectivity index (χ3n) is 2.68. The molecule has 4 nitrogen and oxygen atoms in total. The number of hydrogen-bond donors (Lipinski definition) is 0. The molecule has 20 heavy (non-hydrogen) atoms. The van der Waals surface area contributed by atoms with Crippen LogP contribution in [0.3, 0.4) is 0 Å². The Kier molecular flexibility index (Phi) is 3.66. The average molecular weight is 301 g/mol. The van der Waals surface area contributed by atoms with Crippen molar-refractivity contribution in [3.8, 4) is 0 Å². The van der Waals surface area contributed by atoms with Gasteiger partial charge in [0, 0.05) is 18.1 Å². The fourth-order valence-corrected chi connectivity index (χ4v) is 3.37. The van der Waals surface area contributed by atoms with Gasteiger partial charge in [-0.1, -0.05) is 12.1 Å². The first-order valence-corrected chi connectivity index (χ1v) is 7.64. The molecule has 0 bridgehead atoms. The minimum atomic E-state index is -0.0296. The maximum Gasteiger partial charge on any atom is 0.266 e. The van der Waals surface area contributed by atoms with Gasteiger partial charge in [0.2, 0.25) is 0 Å². The highest BCUT2D eigenvalue weighted by molar-refractivity contribution is 8.18. The molecule has 2 aromatic rings. The molecule has 0 N–H and O–H groups in total. The van der Waals surface area contributed by atoms with Crippen molar-refractivity contribution in [2.75, 3.05) is 7.05 Å². The summed E-state index contributed by atoms with van der Waals surface area (Å²) in [5.41, 5.74) is 0. The van der Waals surface area contributed by atoms with Crippen molar-refractivity contribution in [2.24, 2.45) is 4.99 Å². The van der Waals surface area contributed by atoms with E-state index in [1.807, 2.05) is 41.8 Å². The zero-order chi connectivity index (χ0) is 13.9. The van der Waals surface area contributed by atoms with Crippen molar-refractivity contribution in [3.63, 3.8) is 0 Å². The quantitative estimate of drug-likeness (QED) is 0.799. The molecule has 0 unspecified atom stereocenters. The number of pyridine rings is 1. The summed E-state index contributed by atoms with van der Waals surface area (Å²) in [6, 6.07) is 9.47. The average Bonchev–Trinajstić information content (AvgIpc) is 3.06. The van der Waals surface area contributed by atoms with E-state index in [2.05, 4.69) is 9.98 Å². The van der Waals surface area contributed by atoms with Gasteiger partial charge in [0.05, 0.1) is 4.91 Å². The molecule has 1 saturated heterocycles. The number of carbonyl (C=O) groups excluding carboxylic acids is 1. The Morgan fingerprint density at radius 3 is 2.90 bits per heavy atom. The highest BCUT2D eigenvalue weighted by Gasteiger charge is 2.30. The van der Waals surface area contributed by atoms with Crippen molar-refractivity contribution in [2.45, 2.75) is 0 Å². The SMILES string of the molecule is CN1C(=O)/C(=C\c2cccs2)S/C1=N/c1ccccn1. The normalized spacial score (nSPS) is 19.2. The zero-order valence-electron chi connectivity index (χ0n) is 10.7. The van der Waals surface area contributed by atoms with Gasteiger partial charge in [0.15, 0.2) is 11.0 Å². The fourth-order valence-electron chi connectivity index (χ4n) is 1.67. The first-order chi connectivity index (χ1) is 9.74. The predicted octanol–water partition coefficient (Wildman–Crippen LogP) is 3.38. The third-order valence-corrected chi connectivity index (χ3v) is 4.56. The summed E-state index contributed by atoms with van der Waals surface area (Å²) in [7, 11) is 1.73. The lowest BCUT2D eigenvalue weighted by molar-refractivity contribution is -0.121. The molecule has 0 radical (unpaired) electrons. The molecule has 0 aromatic carbocycles. The summed E-state index contributed by atoms with van der Waals surface area (Å²) in [6.07, 6.45) is 3.58. The number of amides is 1. The lowest BCUT2D eigenvalue weighted by Gasteiger charge is -2.06. The molecule has 6 heteroatoms. The molecule has 1 aliphatic heterocycles. The van der Waals surface area contributed by atoms with Crippen LogP contribution in [0.15, 0.2) is 51.8 Å². The van der Waals surface area contributed by atoms with E-state index in [9.17, 15) is 4.79 Å². The number of rotatable bonds is 2. The van der Waals surface area contributed by atoms with Crippen LogP contribution in [-0.2, 0) is 4.79 Å². The van der Waals surface area contributed by atoms with Crippen molar-refractivity contribution < 1.29 is 4.79 Å². The summed E-state index contributed by atoms with van der Waals surface area (Å²) in [4.78, 5) is 24.0. The second kappa shape index (κ2) is 5.60. The maximum absolute atomic E-state index is 12.2. The highest BCUT2D eigenvalue weighted by atomic mass is 32.2. The van der Waals surface area contributed by atoms with Crippen molar-refractivity contribution >= 4 is 46.1 Å². The molecule has 1 fully saturated rings. The van der Waals surface area contributed by atoms with Crippen LogP contribution in [0.2, 0.25) is 0 Å². The van der Waals surface area contributed by atoms with Gasteiger partial charge in [-0.15, -0.1) is 11.3 Å². The van der Waals surface area contributed by atoms with E-state index in [0.717, 1.165) is 4.88 Å². The molecule has 100 valence electrons. The number of nitrogens with zero attached hydrogens (tertiary/aromatic N) is 3. The lowest BCUT2D eigenvalue weighted by Crippen LogP contribution is -2.23. The predicted molar refractivity (Wildman–Crippen MR) is 84.0 cm³/mol. The number of thioether (sulfide) groups is 1. The van der Waals surface area contributed by atoms with Gasteiger partial charge in [-0.05, 0) is 41.4 Å². The second-order valence-corrected chi connectivity index (χ2v) is 6.06. The molecule has 1 amide bonds. The summed E-state index contributed by atoms with van der Waals surface area (Å²) in [6.45, 7) is 0. The van der Waals surface area contributed by atoms with Crippen molar-refractivity contribution in [1.29, 1.82) is 0 Å². The molecule has 1 aliphatic rings. The molecular formula is C14H11N3OS2. The van der Waals surface area contributed by atoms with Gasteiger partial charge in [-0.2, -0.15) is 0 Å². The Hall–Kier alpha value is -1.92. The van der Waals surface area contributed by atoms with E-state index < -0.39 is 0 Å². The summed E-state index contributed by atoms with van der Waals surface area (Å²) in [5.74, 6) is 0.574. The summed E-state index contributed by atoms with van der Waals surface area (Å²) >= 11 is 2.98. The van der Waals surface area contributed by atoms with Crippen LogP contribution < -0.4 is 0 Å². The Labute approximate surface area is 124 Å². The number of likely N-dealkylation sites (N-methyl/N-ethyl adjacent to an activating group) is 1. The van der Waals surface area contributed by atoms with Gasteiger partial charge < -0.3 is 0 Å². The van der Waals surface area contributed by atoms with Crippen LogP contribution in [-0.4, -0.2) is 28.0 Å². The summed E-state index contributed by atoms with van der Waals surface area (Å²) < 4.78 is 0. The van der Waals surface area contributed by atoms with Crippen molar-refractivity contribution in [1.82, 2.24) is 9.88 Å². The topological polar surface area (TPSA) is 45.6 Å². The van der Waals surface area contributed by atoms with Crippen LogP contribution in [0.1, 0.15) is 4.88 Å². The van der Waals surface area contributed by atoms with E-state index in [-0.39, 0.29) is 5.91 Å². The Morgan fingerprint density at radius 2 is 2.20 bits per heavy atom. The zero-order valence-corrected chi connectivity index (χ0v) is 12.3. The molecule has 3 rings (SSSR count). The monoisotopic (exact) mass is 301 g/mol. The van der Waals surface area contributed by atoms with E-state index in [0.29, 0.717) is 15.9 Å². The Balaban J connectivity index is 1.89. The molecule has 0 spiro atoms.